The second kappa shape index (κ2) is 9.53. The van der Waals surface area contributed by atoms with Gasteiger partial charge in [-0.2, -0.15) is 0 Å². The molecule has 0 aliphatic carbocycles. The summed E-state index contributed by atoms with van der Waals surface area (Å²) >= 11 is 1.43. The molecule has 4 rings (SSSR count). The molecule has 7 heteroatoms. The molecule has 2 heterocycles. The summed E-state index contributed by atoms with van der Waals surface area (Å²) in [5, 5.41) is 3.39. The van der Waals surface area contributed by atoms with E-state index < -0.39 is 0 Å². The van der Waals surface area contributed by atoms with Crippen molar-refractivity contribution in [3.05, 3.63) is 65.4 Å². The van der Waals surface area contributed by atoms with Crippen LogP contribution in [0.4, 0.5) is 5.69 Å². The number of amides is 1. The van der Waals surface area contributed by atoms with Gasteiger partial charge in [0.2, 0.25) is 5.91 Å². The monoisotopic (exact) mass is 463 g/mol. The smallest absolute Gasteiger partial charge is 0.237 e. The van der Waals surface area contributed by atoms with Gasteiger partial charge in [-0.25, -0.2) is 9.97 Å². The van der Waals surface area contributed by atoms with Crippen molar-refractivity contribution in [2.24, 2.45) is 0 Å². The van der Waals surface area contributed by atoms with Crippen LogP contribution in [0.3, 0.4) is 0 Å². The van der Waals surface area contributed by atoms with Crippen LogP contribution in [0.5, 0.6) is 5.75 Å². The summed E-state index contributed by atoms with van der Waals surface area (Å²) < 4.78 is 11.3. The fourth-order valence-electron chi connectivity index (χ4n) is 3.62. The Morgan fingerprint density at radius 1 is 1.18 bits per heavy atom. The highest BCUT2D eigenvalue weighted by Crippen LogP contribution is 2.35. The highest BCUT2D eigenvalue weighted by Gasteiger charge is 2.31. The average Bonchev–Trinajstić information content (AvgIpc) is 2.78. The number of carbonyl (C=O) groups excluding carboxylic acids is 1. The third-order valence-electron chi connectivity index (χ3n) is 5.56. The van der Waals surface area contributed by atoms with Gasteiger partial charge in [0.1, 0.15) is 10.8 Å². The molecule has 1 atom stereocenters. The molecule has 1 aliphatic heterocycles. The number of aromatic nitrogens is 2. The lowest BCUT2D eigenvalue weighted by atomic mass is 9.96. The van der Waals surface area contributed by atoms with Crippen LogP contribution in [0, 0.1) is 6.92 Å². The SMILES string of the molecule is COc1cccc(NC(=O)[C@@H](C)Sc2nc(-c3ccc(C)cc3)nc3c2COC(C)(C)C3)c1. The number of nitrogens with zero attached hydrogens (tertiary/aromatic N) is 2. The summed E-state index contributed by atoms with van der Waals surface area (Å²) in [6.45, 7) is 8.51. The topological polar surface area (TPSA) is 73.3 Å². The van der Waals surface area contributed by atoms with Crippen LogP contribution < -0.4 is 10.1 Å². The number of benzene rings is 2. The zero-order valence-corrected chi connectivity index (χ0v) is 20.5. The first-order valence-electron chi connectivity index (χ1n) is 11.0. The lowest BCUT2D eigenvalue weighted by Crippen LogP contribution is -2.33. The maximum absolute atomic E-state index is 12.9. The number of fused-ring (bicyclic) bond motifs is 1. The normalized spacial score (nSPS) is 15.4. The Hall–Kier alpha value is -2.90. The fourth-order valence-corrected chi connectivity index (χ4v) is 4.57. The molecule has 1 aliphatic rings. The zero-order chi connectivity index (χ0) is 23.6. The highest BCUT2D eigenvalue weighted by molar-refractivity contribution is 8.00. The minimum atomic E-state index is -0.365. The number of nitrogens with one attached hydrogen (secondary N) is 1. The summed E-state index contributed by atoms with van der Waals surface area (Å²) in [6, 6.07) is 15.5. The molecule has 0 unspecified atom stereocenters. The van der Waals surface area contributed by atoms with Crippen molar-refractivity contribution < 1.29 is 14.3 Å². The molecular weight excluding hydrogens is 434 g/mol. The lowest BCUT2D eigenvalue weighted by molar-refractivity contribution is -0.115. The molecule has 2 aromatic carbocycles. The number of hydrogen-bond acceptors (Lipinski definition) is 6. The van der Waals surface area contributed by atoms with Crippen LogP contribution >= 0.6 is 11.8 Å². The van der Waals surface area contributed by atoms with Gasteiger partial charge in [0, 0.05) is 29.3 Å². The molecule has 0 fully saturated rings. The third kappa shape index (κ3) is 5.54. The van der Waals surface area contributed by atoms with Crippen molar-refractivity contribution in [3.63, 3.8) is 0 Å². The Bertz CT molecular complexity index is 1160. The van der Waals surface area contributed by atoms with E-state index in [4.69, 9.17) is 19.4 Å². The second-order valence-corrected chi connectivity index (χ2v) is 10.2. The van der Waals surface area contributed by atoms with Crippen LogP contribution in [0.2, 0.25) is 0 Å². The molecular formula is C26H29N3O3S. The van der Waals surface area contributed by atoms with Crippen LogP contribution in [-0.2, 0) is 22.6 Å². The van der Waals surface area contributed by atoms with Crippen LogP contribution in [-0.4, -0.2) is 33.8 Å². The lowest BCUT2D eigenvalue weighted by Gasteiger charge is -2.32. The van der Waals surface area contributed by atoms with Crippen molar-refractivity contribution in [2.75, 3.05) is 12.4 Å². The van der Waals surface area contributed by atoms with Gasteiger partial charge in [-0.15, -0.1) is 0 Å². The average molecular weight is 464 g/mol. The van der Waals surface area contributed by atoms with Gasteiger partial charge >= 0.3 is 0 Å². The summed E-state index contributed by atoms with van der Waals surface area (Å²) in [7, 11) is 1.60. The van der Waals surface area contributed by atoms with Crippen LogP contribution in [0.25, 0.3) is 11.4 Å². The van der Waals surface area contributed by atoms with Gasteiger partial charge in [-0.3, -0.25) is 4.79 Å². The second-order valence-electron chi connectivity index (χ2n) is 8.85. The number of carbonyl (C=O) groups is 1. The standard InChI is InChI=1S/C26H29N3O3S/c1-16-9-11-18(12-10-16)23-28-22-14-26(3,4)32-15-21(22)25(29-23)33-17(2)24(30)27-19-7-6-8-20(13-19)31-5/h6-13,17H,14-15H2,1-5H3,(H,27,30)/t17-/m1/s1. The van der Waals surface area contributed by atoms with E-state index in [9.17, 15) is 4.79 Å². The first kappa shape index (κ1) is 23.3. The Labute approximate surface area is 199 Å². The van der Waals surface area contributed by atoms with Gasteiger partial charge in [0.25, 0.3) is 0 Å². The van der Waals surface area contributed by atoms with E-state index in [1.165, 1.54) is 17.3 Å². The molecule has 172 valence electrons. The van der Waals surface area contributed by atoms with Crippen LogP contribution in [0.15, 0.2) is 53.6 Å². The number of ether oxygens (including phenoxy) is 2. The molecule has 0 bridgehead atoms. The van der Waals surface area contributed by atoms with E-state index in [0.717, 1.165) is 21.8 Å². The summed E-state index contributed by atoms with van der Waals surface area (Å²) in [5.41, 5.74) is 4.51. The first-order valence-corrected chi connectivity index (χ1v) is 11.8. The quantitative estimate of drug-likeness (QED) is 0.388. The number of thioether (sulfide) groups is 1. The molecule has 1 N–H and O–H groups in total. The number of aryl methyl sites for hydroxylation is 1. The minimum Gasteiger partial charge on any atom is -0.497 e. The maximum Gasteiger partial charge on any atom is 0.237 e. The number of anilines is 1. The Morgan fingerprint density at radius 2 is 1.94 bits per heavy atom. The van der Waals surface area contributed by atoms with Crippen LogP contribution in [0.1, 0.15) is 37.6 Å². The van der Waals surface area contributed by atoms with E-state index in [1.807, 2.05) is 37.3 Å². The van der Waals surface area contributed by atoms with Gasteiger partial charge in [0.15, 0.2) is 5.82 Å². The molecule has 0 saturated heterocycles. The summed E-state index contributed by atoms with van der Waals surface area (Å²) in [4.78, 5) is 22.7. The number of hydrogen-bond donors (Lipinski definition) is 1. The number of methoxy groups -OCH3 is 1. The van der Waals surface area contributed by atoms with Gasteiger partial charge in [-0.05, 0) is 39.8 Å². The van der Waals surface area contributed by atoms with E-state index in [1.54, 1.807) is 13.2 Å². The molecule has 33 heavy (non-hydrogen) atoms. The van der Waals surface area contributed by atoms with Crippen molar-refractivity contribution in [3.8, 4) is 17.1 Å². The predicted octanol–water partition coefficient (Wildman–Crippen LogP) is 5.43. The molecule has 1 aromatic heterocycles. The third-order valence-corrected chi connectivity index (χ3v) is 6.69. The number of rotatable bonds is 6. The molecule has 0 spiro atoms. The molecule has 6 nitrogen and oxygen atoms in total. The Kier molecular flexibility index (Phi) is 6.72. The first-order chi connectivity index (χ1) is 15.7. The van der Waals surface area contributed by atoms with Gasteiger partial charge in [0.05, 0.1) is 30.3 Å². The molecule has 0 radical (unpaired) electrons. The summed E-state index contributed by atoms with van der Waals surface area (Å²) in [6.07, 6.45) is 0.696. The molecule has 0 saturated carbocycles. The van der Waals surface area contributed by atoms with E-state index >= 15 is 0 Å². The van der Waals surface area contributed by atoms with E-state index in [0.29, 0.717) is 30.3 Å². The van der Waals surface area contributed by atoms with Crippen molar-refractivity contribution in [1.82, 2.24) is 9.97 Å². The molecule has 3 aromatic rings. The maximum atomic E-state index is 12.9. The van der Waals surface area contributed by atoms with Gasteiger partial charge in [-0.1, -0.05) is 47.7 Å². The van der Waals surface area contributed by atoms with Gasteiger partial charge < -0.3 is 14.8 Å². The summed E-state index contributed by atoms with van der Waals surface area (Å²) in [5.74, 6) is 1.27. The Morgan fingerprint density at radius 3 is 2.67 bits per heavy atom. The van der Waals surface area contributed by atoms with Crippen molar-refractivity contribution >= 4 is 23.4 Å². The minimum absolute atomic E-state index is 0.102. The van der Waals surface area contributed by atoms with E-state index in [2.05, 4.69) is 38.2 Å². The predicted molar refractivity (Wildman–Crippen MR) is 132 cm³/mol. The van der Waals surface area contributed by atoms with Crippen molar-refractivity contribution in [2.45, 2.75) is 56.6 Å². The highest BCUT2D eigenvalue weighted by atomic mass is 32.2. The Balaban J connectivity index is 1.62. The van der Waals surface area contributed by atoms with E-state index in [-0.39, 0.29) is 16.8 Å². The largest absolute Gasteiger partial charge is 0.497 e. The molecule has 1 amide bonds. The fraction of sp³-hybridized carbons (Fsp3) is 0.346. The van der Waals surface area contributed by atoms with Crippen molar-refractivity contribution in [1.29, 1.82) is 0 Å². The zero-order valence-electron chi connectivity index (χ0n) is 19.6.